The third-order valence-electron chi connectivity index (χ3n) is 3.60. The van der Waals surface area contributed by atoms with Gasteiger partial charge in [0, 0.05) is 6.42 Å². The normalized spacial score (nSPS) is 20.9. The first-order valence-corrected chi connectivity index (χ1v) is 7.40. The van der Waals surface area contributed by atoms with Gasteiger partial charge in [-0.05, 0) is 51.2 Å². The second kappa shape index (κ2) is 5.42. The van der Waals surface area contributed by atoms with E-state index in [0.29, 0.717) is 5.75 Å². The highest BCUT2D eigenvalue weighted by Crippen LogP contribution is 2.33. The van der Waals surface area contributed by atoms with E-state index in [2.05, 4.69) is 34.6 Å². The molecule has 1 saturated heterocycles. The zero-order valence-electron chi connectivity index (χ0n) is 13.2. The minimum Gasteiger partial charge on any atom is -0.508 e. The molecule has 1 fully saturated rings. The fourth-order valence-corrected chi connectivity index (χ4v) is 3.07. The van der Waals surface area contributed by atoms with Crippen LogP contribution in [-0.2, 0) is 15.7 Å². The van der Waals surface area contributed by atoms with Crippen molar-refractivity contribution in [1.82, 2.24) is 0 Å². The molecule has 1 aromatic carbocycles. The average Bonchev–Trinajstić information content (AvgIpc) is 2.28. The molecule has 0 unspecified atom stereocenters. The molecule has 0 aromatic heterocycles. The monoisotopic (exact) mass is 276 g/mol. The summed E-state index contributed by atoms with van der Waals surface area (Å²) >= 11 is 0. The molecule has 1 N–H and O–H groups in total. The maximum atomic E-state index is 9.89. The highest BCUT2D eigenvalue weighted by molar-refractivity contribution is 6.61. The highest BCUT2D eigenvalue weighted by atomic mass is 16.6. The maximum Gasteiger partial charge on any atom is 0.494 e. The third-order valence-corrected chi connectivity index (χ3v) is 3.60. The van der Waals surface area contributed by atoms with Crippen LogP contribution in [-0.4, -0.2) is 23.4 Å². The molecule has 0 bridgehead atoms. The summed E-state index contributed by atoms with van der Waals surface area (Å²) < 4.78 is 12.1. The number of benzene rings is 1. The van der Waals surface area contributed by atoms with Crippen LogP contribution in [0, 0.1) is 0 Å². The molecule has 1 aliphatic rings. The van der Waals surface area contributed by atoms with Gasteiger partial charge in [-0.2, -0.15) is 0 Å². The Morgan fingerprint density at radius 3 is 2.30 bits per heavy atom. The molecule has 110 valence electrons. The maximum absolute atomic E-state index is 9.89. The molecule has 0 atom stereocenters. The summed E-state index contributed by atoms with van der Waals surface area (Å²) in [5.41, 5.74) is 1.51. The Balaban J connectivity index is 2.28. The van der Waals surface area contributed by atoms with Crippen LogP contribution in [0.3, 0.4) is 0 Å². The first kappa shape index (κ1) is 15.4. The first-order chi connectivity index (χ1) is 9.22. The number of aromatic hydroxyl groups is 1. The summed E-state index contributed by atoms with van der Waals surface area (Å²) in [5, 5.41) is 9.89. The van der Waals surface area contributed by atoms with E-state index in [1.54, 1.807) is 6.07 Å². The summed E-state index contributed by atoms with van der Waals surface area (Å²) in [6, 6.07) is 5.62. The Hall–Kier alpha value is -0.995. The molecule has 0 saturated carbocycles. The van der Waals surface area contributed by atoms with Crippen LogP contribution in [0.5, 0.6) is 5.75 Å². The fourth-order valence-electron chi connectivity index (χ4n) is 3.07. The predicted octanol–water partition coefficient (Wildman–Crippen LogP) is 3.03. The molecule has 1 aliphatic heterocycles. The lowest BCUT2D eigenvalue weighted by Gasteiger charge is -2.44. The van der Waals surface area contributed by atoms with Crippen molar-refractivity contribution in [2.45, 2.75) is 65.1 Å². The van der Waals surface area contributed by atoms with E-state index in [1.165, 1.54) is 0 Å². The molecule has 0 radical (unpaired) electrons. The second-order valence-electron chi connectivity index (χ2n) is 6.90. The van der Waals surface area contributed by atoms with E-state index in [9.17, 15) is 5.11 Å². The van der Waals surface area contributed by atoms with Crippen molar-refractivity contribution in [3.8, 4) is 5.75 Å². The molecular weight excluding hydrogens is 251 g/mol. The third kappa shape index (κ3) is 3.55. The number of aryl methyl sites for hydroxylation is 1. The summed E-state index contributed by atoms with van der Waals surface area (Å²) in [6.07, 6.45) is 2.72. The van der Waals surface area contributed by atoms with Gasteiger partial charge in [0.2, 0.25) is 0 Å². The topological polar surface area (TPSA) is 38.7 Å². The van der Waals surface area contributed by atoms with Crippen LogP contribution in [0.25, 0.3) is 0 Å². The van der Waals surface area contributed by atoms with E-state index >= 15 is 0 Å². The summed E-state index contributed by atoms with van der Waals surface area (Å²) in [6.45, 7) is 10.5. The molecule has 0 aliphatic carbocycles. The molecule has 20 heavy (non-hydrogen) atoms. The molecular formula is C16H25BO3. The number of phenols is 1. The van der Waals surface area contributed by atoms with E-state index in [4.69, 9.17) is 9.31 Å². The Labute approximate surface area is 122 Å². The zero-order valence-corrected chi connectivity index (χ0v) is 13.2. The minimum atomic E-state index is -0.370. The first-order valence-electron chi connectivity index (χ1n) is 7.40. The standard InChI is InChI=1S/C16H25BO3/c1-6-7-12-10-13(8-9-14(12)18)17-19-15(2,3)11-16(4,5)20-17/h8-10,18H,6-7,11H2,1-5H3. The Morgan fingerprint density at radius 2 is 1.75 bits per heavy atom. The van der Waals surface area contributed by atoms with Gasteiger partial charge in [-0.15, -0.1) is 0 Å². The quantitative estimate of drug-likeness (QED) is 0.862. The Morgan fingerprint density at radius 1 is 1.15 bits per heavy atom. The van der Waals surface area contributed by atoms with Gasteiger partial charge in [0.25, 0.3) is 0 Å². The van der Waals surface area contributed by atoms with Crippen molar-refractivity contribution in [3.05, 3.63) is 23.8 Å². The fraction of sp³-hybridized carbons (Fsp3) is 0.625. The molecule has 0 amide bonds. The lowest BCUT2D eigenvalue weighted by molar-refractivity contribution is -0.0716. The Bertz CT molecular complexity index is 467. The number of phenolic OH excluding ortho intramolecular Hbond substituents is 1. The van der Waals surface area contributed by atoms with E-state index in [1.807, 2.05) is 12.1 Å². The van der Waals surface area contributed by atoms with Crippen molar-refractivity contribution < 1.29 is 14.4 Å². The summed E-state index contributed by atoms with van der Waals surface area (Å²) in [7, 11) is -0.370. The van der Waals surface area contributed by atoms with Crippen LogP contribution >= 0.6 is 0 Å². The van der Waals surface area contributed by atoms with E-state index in [0.717, 1.165) is 30.3 Å². The summed E-state index contributed by atoms with van der Waals surface area (Å²) in [4.78, 5) is 0. The van der Waals surface area contributed by atoms with Gasteiger partial charge in [-0.25, -0.2) is 0 Å². The van der Waals surface area contributed by atoms with Crippen LogP contribution in [0.2, 0.25) is 0 Å². The van der Waals surface area contributed by atoms with Gasteiger partial charge >= 0.3 is 7.12 Å². The van der Waals surface area contributed by atoms with Gasteiger partial charge in [-0.1, -0.05) is 25.5 Å². The van der Waals surface area contributed by atoms with Gasteiger partial charge in [0.15, 0.2) is 0 Å². The van der Waals surface area contributed by atoms with Gasteiger partial charge in [0.1, 0.15) is 5.75 Å². The molecule has 2 rings (SSSR count). The van der Waals surface area contributed by atoms with Crippen molar-refractivity contribution in [2.75, 3.05) is 0 Å². The van der Waals surface area contributed by atoms with E-state index < -0.39 is 0 Å². The van der Waals surface area contributed by atoms with Gasteiger partial charge in [0.05, 0.1) is 11.2 Å². The minimum absolute atomic E-state index is 0.213. The van der Waals surface area contributed by atoms with Crippen LogP contribution < -0.4 is 5.46 Å². The SMILES string of the molecule is CCCc1cc(B2OC(C)(C)CC(C)(C)O2)ccc1O. The van der Waals surface area contributed by atoms with E-state index in [-0.39, 0.29) is 18.3 Å². The molecule has 4 heteroatoms. The molecule has 3 nitrogen and oxygen atoms in total. The van der Waals surface area contributed by atoms with Crippen LogP contribution in [0.15, 0.2) is 18.2 Å². The van der Waals surface area contributed by atoms with Crippen molar-refractivity contribution in [1.29, 1.82) is 0 Å². The smallest absolute Gasteiger partial charge is 0.494 e. The molecule has 1 aromatic rings. The van der Waals surface area contributed by atoms with Crippen molar-refractivity contribution in [2.24, 2.45) is 0 Å². The van der Waals surface area contributed by atoms with Gasteiger partial charge < -0.3 is 14.4 Å². The zero-order chi connectivity index (χ0) is 15.0. The lowest BCUT2D eigenvalue weighted by Crippen LogP contribution is -2.56. The van der Waals surface area contributed by atoms with Crippen LogP contribution in [0.1, 0.15) is 53.0 Å². The summed E-state index contributed by atoms with van der Waals surface area (Å²) in [5.74, 6) is 0.352. The molecule has 1 heterocycles. The van der Waals surface area contributed by atoms with Crippen LogP contribution in [0.4, 0.5) is 0 Å². The van der Waals surface area contributed by atoms with Gasteiger partial charge in [-0.3, -0.25) is 0 Å². The van der Waals surface area contributed by atoms with Crippen molar-refractivity contribution >= 4 is 12.6 Å². The lowest BCUT2D eigenvalue weighted by atomic mass is 9.72. The Kier molecular flexibility index (Phi) is 4.17. The largest absolute Gasteiger partial charge is 0.508 e. The molecule has 0 spiro atoms. The number of rotatable bonds is 3. The number of hydrogen-bond acceptors (Lipinski definition) is 3. The average molecular weight is 276 g/mol. The second-order valence-corrected chi connectivity index (χ2v) is 6.90. The number of hydrogen-bond donors (Lipinski definition) is 1. The highest BCUT2D eigenvalue weighted by Gasteiger charge is 2.43. The van der Waals surface area contributed by atoms with Crippen molar-refractivity contribution in [3.63, 3.8) is 0 Å². The predicted molar refractivity (Wildman–Crippen MR) is 82.4 cm³/mol.